The number of halogens is 1. The van der Waals surface area contributed by atoms with Gasteiger partial charge in [-0.1, -0.05) is 11.6 Å². The van der Waals surface area contributed by atoms with Crippen molar-refractivity contribution in [3.63, 3.8) is 0 Å². The largest absolute Gasteiger partial charge is 0.511 e. The second-order valence-corrected chi connectivity index (χ2v) is 1.96. The predicted octanol–water partition coefficient (Wildman–Crippen LogP) is -1.19. The molecule has 1 heterocycles. The lowest BCUT2D eigenvalue weighted by molar-refractivity contribution is 0.424. The molecule has 0 aromatic carbocycles. The van der Waals surface area contributed by atoms with Gasteiger partial charge in [-0.05, 0) is 0 Å². The van der Waals surface area contributed by atoms with Crippen molar-refractivity contribution in [3.05, 3.63) is 17.5 Å². The third kappa shape index (κ3) is 1.44. The Bertz CT molecular complexity index is 232. The molecule has 0 fully saturated rings. The highest BCUT2D eigenvalue weighted by Gasteiger charge is 2.16. The van der Waals surface area contributed by atoms with Crippen LogP contribution < -0.4 is 5.59 Å². The Morgan fingerprint density at radius 1 is 1.30 bits per heavy atom. The van der Waals surface area contributed by atoms with E-state index >= 15 is 0 Å². The molecule has 0 bridgehead atoms. The number of hydrogen-bond acceptors (Lipinski definition) is 4. The van der Waals surface area contributed by atoms with Crippen molar-refractivity contribution >= 4 is 24.3 Å². The van der Waals surface area contributed by atoms with Crippen LogP contribution in [0.25, 0.3) is 0 Å². The van der Waals surface area contributed by atoms with Crippen LogP contribution in [0.3, 0.4) is 0 Å². The fourth-order valence-corrected chi connectivity index (χ4v) is 0.708. The first kappa shape index (κ1) is 7.46. The molecular weight excluding hydrogens is 154 g/mol. The predicted molar refractivity (Wildman–Crippen MR) is 36.9 cm³/mol. The van der Waals surface area contributed by atoms with Gasteiger partial charge in [0.15, 0.2) is 0 Å². The highest BCUT2D eigenvalue weighted by Crippen LogP contribution is 1.95. The third-order valence-corrected chi connectivity index (χ3v) is 1.22. The molecule has 0 aliphatic heterocycles. The average Bonchev–Trinajstić information content (AvgIpc) is 1.88. The molecule has 0 aliphatic rings. The third-order valence-electron chi connectivity index (χ3n) is 0.924. The lowest BCUT2D eigenvalue weighted by Crippen LogP contribution is -2.33. The molecule has 0 saturated carbocycles. The zero-order valence-corrected chi connectivity index (χ0v) is 5.65. The van der Waals surface area contributed by atoms with E-state index in [1.165, 1.54) is 12.4 Å². The van der Waals surface area contributed by atoms with E-state index in [0.29, 0.717) is 0 Å². The minimum absolute atomic E-state index is 0.0116. The Hall–Kier alpha value is -0.645. The maximum atomic E-state index is 8.57. The van der Waals surface area contributed by atoms with Crippen molar-refractivity contribution in [3.8, 4) is 0 Å². The van der Waals surface area contributed by atoms with E-state index in [2.05, 4.69) is 9.97 Å². The van der Waals surface area contributed by atoms with E-state index in [9.17, 15) is 0 Å². The summed E-state index contributed by atoms with van der Waals surface area (Å²) in [5.41, 5.74) is -0.0239. The Kier molecular flexibility index (Phi) is 2.21. The maximum absolute atomic E-state index is 8.57. The number of aromatic nitrogens is 2. The standard InChI is InChI=1S/C4H4BClN2O2/c6-4-3(5(9)10)7-1-2-8-4/h1-2,9-10H. The summed E-state index contributed by atoms with van der Waals surface area (Å²) in [6, 6.07) is 0. The summed E-state index contributed by atoms with van der Waals surface area (Å²) in [5, 5.41) is 17.2. The first-order valence-electron chi connectivity index (χ1n) is 2.54. The minimum Gasteiger partial charge on any atom is -0.422 e. The van der Waals surface area contributed by atoms with Crippen molar-refractivity contribution in [1.29, 1.82) is 0 Å². The molecule has 0 atom stereocenters. The van der Waals surface area contributed by atoms with E-state index < -0.39 is 7.12 Å². The molecule has 0 saturated heterocycles. The minimum atomic E-state index is -1.65. The lowest BCUT2D eigenvalue weighted by Gasteiger charge is -1.97. The van der Waals surface area contributed by atoms with Crippen LogP contribution in [-0.4, -0.2) is 27.1 Å². The van der Waals surface area contributed by atoms with E-state index in [0.717, 1.165) is 0 Å². The summed E-state index contributed by atoms with van der Waals surface area (Å²) in [4.78, 5) is 7.17. The molecule has 4 nitrogen and oxygen atoms in total. The summed E-state index contributed by atoms with van der Waals surface area (Å²) < 4.78 is 0. The van der Waals surface area contributed by atoms with Gasteiger partial charge in [0, 0.05) is 12.4 Å². The number of nitrogens with zero attached hydrogens (tertiary/aromatic N) is 2. The van der Waals surface area contributed by atoms with Crippen molar-refractivity contribution in [2.75, 3.05) is 0 Å². The molecule has 6 heteroatoms. The zero-order chi connectivity index (χ0) is 7.56. The van der Waals surface area contributed by atoms with Crippen LogP contribution in [0.4, 0.5) is 0 Å². The van der Waals surface area contributed by atoms with Gasteiger partial charge in [0.25, 0.3) is 0 Å². The quantitative estimate of drug-likeness (QED) is 0.504. The molecule has 52 valence electrons. The van der Waals surface area contributed by atoms with Crippen LogP contribution in [0.2, 0.25) is 5.15 Å². The van der Waals surface area contributed by atoms with Gasteiger partial charge in [-0.25, -0.2) is 4.98 Å². The van der Waals surface area contributed by atoms with Crippen LogP contribution in [0.15, 0.2) is 12.4 Å². The van der Waals surface area contributed by atoms with Crippen LogP contribution >= 0.6 is 11.6 Å². The summed E-state index contributed by atoms with van der Waals surface area (Å²) >= 11 is 5.43. The van der Waals surface area contributed by atoms with Crippen molar-refractivity contribution < 1.29 is 10.0 Å². The van der Waals surface area contributed by atoms with Crippen LogP contribution in [-0.2, 0) is 0 Å². The molecule has 1 rings (SSSR count). The maximum Gasteiger partial charge on any atom is 0.511 e. The van der Waals surface area contributed by atoms with E-state index in [1.807, 2.05) is 0 Å². The van der Waals surface area contributed by atoms with Crippen LogP contribution in [0.5, 0.6) is 0 Å². The summed E-state index contributed by atoms with van der Waals surface area (Å²) in [6.07, 6.45) is 2.70. The topological polar surface area (TPSA) is 66.2 Å². The SMILES string of the molecule is OB(O)c1nccnc1Cl. The molecule has 1 aromatic rings. The second-order valence-electron chi connectivity index (χ2n) is 1.61. The van der Waals surface area contributed by atoms with Crippen molar-refractivity contribution in [2.45, 2.75) is 0 Å². The highest BCUT2D eigenvalue weighted by molar-refractivity contribution is 6.61. The van der Waals surface area contributed by atoms with Crippen molar-refractivity contribution in [1.82, 2.24) is 9.97 Å². The summed E-state index contributed by atoms with van der Waals surface area (Å²) in [7, 11) is -1.65. The fourth-order valence-electron chi connectivity index (χ4n) is 0.505. The Morgan fingerprint density at radius 2 is 1.90 bits per heavy atom. The lowest BCUT2D eigenvalue weighted by atomic mass is 9.87. The first-order valence-corrected chi connectivity index (χ1v) is 2.92. The molecule has 2 N–H and O–H groups in total. The first-order chi connectivity index (χ1) is 4.72. The van der Waals surface area contributed by atoms with Crippen LogP contribution in [0, 0.1) is 0 Å². The van der Waals surface area contributed by atoms with E-state index in [4.69, 9.17) is 21.6 Å². The molecule has 0 amide bonds. The fraction of sp³-hybridized carbons (Fsp3) is 0. The zero-order valence-electron chi connectivity index (χ0n) is 4.90. The van der Waals surface area contributed by atoms with Gasteiger partial charge >= 0.3 is 7.12 Å². The average molecular weight is 158 g/mol. The monoisotopic (exact) mass is 158 g/mol. The van der Waals surface area contributed by atoms with Crippen molar-refractivity contribution in [2.24, 2.45) is 0 Å². The molecule has 10 heavy (non-hydrogen) atoms. The van der Waals surface area contributed by atoms with Gasteiger partial charge < -0.3 is 10.0 Å². The van der Waals surface area contributed by atoms with Crippen LogP contribution in [0.1, 0.15) is 0 Å². The highest BCUT2D eigenvalue weighted by atomic mass is 35.5. The Balaban J connectivity index is 3.03. The molecule has 1 aromatic heterocycles. The van der Waals surface area contributed by atoms with Gasteiger partial charge in [-0.2, -0.15) is 0 Å². The summed E-state index contributed by atoms with van der Waals surface area (Å²) in [5.74, 6) is 0. The Labute approximate surface area is 62.7 Å². The number of rotatable bonds is 1. The molecule has 0 aliphatic carbocycles. The van der Waals surface area contributed by atoms with Gasteiger partial charge in [0.1, 0.15) is 10.7 Å². The second kappa shape index (κ2) is 2.96. The van der Waals surface area contributed by atoms with Gasteiger partial charge in [0.05, 0.1) is 0 Å². The number of hydrogen-bond donors (Lipinski definition) is 2. The van der Waals surface area contributed by atoms with Gasteiger partial charge in [0.2, 0.25) is 0 Å². The van der Waals surface area contributed by atoms with Gasteiger partial charge in [-0.15, -0.1) is 0 Å². The molecule has 0 unspecified atom stereocenters. The Morgan fingerprint density at radius 3 is 2.30 bits per heavy atom. The molecule has 0 radical (unpaired) electrons. The smallest absolute Gasteiger partial charge is 0.422 e. The summed E-state index contributed by atoms with van der Waals surface area (Å²) in [6.45, 7) is 0. The molecular formula is C4H4BClN2O2. The van der Waals surface area contributed by atoms with E-state index in [1.54, 1.807) is 0 Å². The van der Waals surface area contributed by atoms with E-state index in [-0.39, 0.29) is 10.7 Å². The normalized spacial score (nSPS) is 9.50. The molecule has 0 spiro atoms. The van der Waals surface area contributed by atoms with Gasteiger partial charge in [-0.3, -0.25) is 4.98 Å².